The molecule has 0 saturated carbocycles. The molecule has 36 heavy (non-hydrogen) atoms. The molecule has 9 heteroatoms. The first-order chi connectivity index (χ1) is 17.1. The fourth-order valence-corrected chi connectivity index (χ4v) is 4.06. The quantitative estimate of drug-likeness (QED) is 0.304. The van der Waals surface area contributed by atoms with Crippen molar-refractivity contribution in [2.75, 3.05) is 19.0 Å². The number of ether oxygens (including phenoxy) is 2. The number of fused-ring (bicyclic) bond motifs is 1. The zero-order chi connectivity index (χ0) is 26.3. The van der Waals surface area contributed by atoms with E-state index in [1.807, 2.05) is 53.5 Å². The zero-order valence-electron chi connectivity index (χ0n) is 21.5. The second kappa shape index (κ2) is 12.0. The Hall–Kier alpha value is -3.43. The predicted molar refractivity (Wildman–Crippen MR) is 136 cm³/mol. The van der Waals surface area contributed by atoms with E-state index in [0.29, 0.717) is 31.7 Å². The van der Waals surface area contributed by atoms with E-state index in [9.17, 15) is 14.4 Å². The number of nitrogen functional groups attached to an aromatic ring is 1. The Kier molecular flexibility index (Phi) is 9.06. The highest BCUT2D eigenvalue weighted by atomic mass is 16.6. The van der Waals surface area contributed by atoms with Gasteiger partial charge in [-0.05, 0) is 56.5 Å². The van der Waals surface area contributed by atoms with Gasteiger partial charge in [-0.2, -0.15) is 0 Å². The molecular weight excluding hydrogens is 460 g/mol. The third kappa shape index (κ3) is 7.53. The summed E-state index contributed by atoms with van der Waals surface area (Å²) in [5.41, 5.74) is 8.95. The summed E-state index contributed by atoms with van der Waals surface area (Å²) in [6.07, 6.45) is 0.129. The van der Waals surface area contributed by atoms with E-state index < -0.39 is 17.7 Å². The van der Waals surface area contributed by atoms with Gasteiger partial charge in [0.2, 0.25) is 5.91 Å². The molecule has 2 aromatic carbocycles. The average Bonchev–Trinajstić information content (AvgIpc) is 3.20. The molecule has 0 saturated heterocycles. The van der Waals surface area contributed by atoms with E-state index in [2.05, 4.69) is 0 Å². The molecular formula is C27H36N4O5. The van der Waals surface area contributed by atoms with Crippen LogP contribution in [0.15, 0.2) is 48.5 Å². The number of anilines is 1. The molecule has 2 N–H and O–H groups in total. The molecule has 2 amide bonds. The number of amides is 2. The Labute approximate surface area is 212 Å². The van der Waals surface area contributed by atoms with Gasteiger partial charge in [-0.25, -0.2) is 14.8 Å². The SMILES string of the molecule is CC(CC(=O)N(CC=O)COCc1ccccc1)N(C(=O)OC(C)(C)C)N1Cc2ccc(N)cc2C1. The molecule has 0 spiro atoms. The number of carbonyl (C=O) groups excluding carboxylic acids is 3. The molecule has 0 aliphatic carbocycles. The first-order valence-corrected chi connectivity index (χ1v) is 12.0. The summed E-state index contributed by atoms with van der Waals surface area (Å²) in [4.78, 5) is 39.0. The first kappa shape index (κ1) is 27.2. The van der Waals surface area contributed by atoms with E-state index >= 15 is 0 Å². The van der Waals surface area contributed by atoms with Crippen molar-refractivity contribution < 1.29 is 23.9 Å². The van der Waals surface area contributed by atoms with Crippen LogP contribution in [0.4, 0.5) is 10.5 Å². The summed E-state index contributed by atoms with van der Waals surface area (Å²) in [5.74, 6) is -0.294. The maximum Gasteiger partial charge on any atom is 0.425 e. The van der Waals surface area contributed by atoms with E-state index in [1.165, 1.54) is 9.91 Å². The lowest BCUT2D eigenvalue weighted by Crippen LogP contribution is -2.52. The van der Waals surface area contributed by atoms with Crippen LogP contribution < -0.4 is 5.73 Å². The van der Waals surface area contributed by atoms with E-state index in [4.69, 9.17) is 15.2 Å². The minimum Gasteiger partial charge on any atom is -0.443 e. The van der Waals surface area contributed by atoms with Gasteiger partial charge in [0, 0.05) is 25.2 Å². The smallest absolute Gasteiger partial charge is 0.425 e. The van der Waals surface area contributed by atoms with Gasteiger partial charge in [-0.15, -0.1) is 0 Å². The number of hydrogen-bond acceptors (Lipinski definition) is 7. The minimum atomic E-state index is -0.703. The van der Waals surface area contributed by atoms with Crippen LogP contribution in [0.25, 0.3) is 0 Å². The topological polar surface area (TPSA) is 105 Å². The van der Waals surface area contributed by atoms with Gasteiger partial charge in [0.15, 0.2) is 0 Å². The monoisotopic (exact) mass is 496 g/mol. The van der Waals surface area contributed by atoms with Crippen LogP contribution in [0, 0.1) is 0 Å². The molecule has 194 valence electrons. The third-order valence-electron chi connectivity index (χ3n) is 5.72. The molecule has 1 unspecified atom stereocenters. The number of aldehydes is 1. The lowest BCUT2D eigenvalue weighted by Gasteiger charge is -2.37. The summed E-state index contributed by atoms with van der Waals surface area (Å²) in [7, 11) is 0. The van der Waals surface area contributed by atoms with Gasteiger partial charge >= 0.3 is 6.09 Å². The molecule has 0 bridgehead atoms. The molecule has 0 fully saturated rings. The van der Waals surface area contributed by atoms with Crippen LogP contribution in [-0.2, 0) is 38.8 Å². The van der Waals surface area contributed by atoms with Crippen molar-refractivity contribution in [1.82, 2.24) is 14.9 Å². The van der Waals surface area contributed by atoms with Crippen molar-refractivity contribution in [2.24, 2.45) is 0 Å². The number of hydrogen-bond donors (Lipinski definition) is 1. The standard InChI is InChI=1S/C27H36N4O5/c1-20(14-25(33)29(12-13-32)19-35-18-21-8-6-5-7-9-21)31(26(34)36-27(2,3)4)30-16-22-10-11-24(28)15-23(22)17-30/h5-11,13,15,20H,12,14,16-19,28H2,1-4H3. The normalized spacial score (nSPS) is 14.1. The van der Waals surface area contributed by atoms with Crippen molar-refractivity contribution >= 4 is 24.0 Å². The Morgan fingerprint density at radius 2 is 1.81 bits per heavy atom. The van der Waals surface area contributed by atoms with E-state index in [-0.39, 0.29) is 25.6 Å². The molecule has 9 nitrogen and oxygen atoms in total. The van der Waals surface area contributed by atoms with E-state index in [0.717, 1.165) is 16.7 Å². The van der Waals surface area contributed by atoms with Crippen LogP contribution in [0.1, 0.15) is 50.8 Å². The van der Waals surface area contributed by atoms with Crippen LogP contribution in [0.2, 0.25) is 0 Å². The van der Waals surface area contributed by atoms with Crippen molar-refractivity contribution in [2.45, 2.75) is 65.5 Å². The molecule has 1 heterocycles. The molecule has 2 aromatic rings. The number of nitrogens with zero attached hydrogens (tertiary/aromatic N) is 3. The summed E-state index contributed by atoms with van der Waals surface area (Å²) in [6.45, 7) is 8.35. The summed E-state index contributed by atoms with van der Waals surface area (Å²) in [5, 5.41) is 3.37. The van der Waals surface area contributed by atoms with Crippen LogP contribution in [0.5, 0.6) is 0 Å². The van der Waals surface area contributed by atoms with Gasteiger partial charge in [0.05, 0.1) is 19.2 Å². The van der Waals surface area contributed by atoms with Crippen LogP contribution in [-0.4, -0.2) is 58.1 Å². The summed E-state index contributed by atoms with van der Waals surface area (Å²) in [6, 6.07) is 14.7. The van der Waals surface area contributed by atoms with Crippen LogP contribution >= 0.6 is 0 Å². The Balaban J connectivity index is 1.70. The Bertz CT molecular complexity index is 1050. The van der Waals surface area contributed by atoms with Gasteiger partial charge in [-0.3, -0.25) is 4.79 Å². The van der Waals surface area contributed by atoms with Gasteiger partial charge in [0.1, 0.15) is 18.6 Å². The highest BCUT2D eigenvalue weighted by Gasteiger charge is 2.35. The Morgan fingerprint density at radius 1 is 1.11 bits per heavy atom. The van der Waals surface area contributed by atoms with E-state index in [1.54, 1.807) is 27.7 Å². The summed E-state index contributed by atoms with van der Waals surface area (Å²) >= 11 is 0. The maximum absolute atomic E-state index is 13.2. The van der Waals surface area contributed by atoms with Gasteiger partial charge in [0.25, 0.3) is 0 Å². The lowest BCUT2D eigenvalue weighted by molar-refractivity contribution is -0.142. The Morgan fingerprint density at radius 3 is 2.47 bits per heavy atom. The third-order valence-corrected chi connectivity index (χ3v) is 5.72. The molecule has 1 aliphatic heterocycles. The molecule has 1 atom stereocenters. The second-order valence-electron chi connectivity index (χ2n) is 9.97. The average molecular weight is 497 g/mol. The minimum absolute atomic E-state index is 0.00321. The van der Waals surface area contributed by atoms with Crippen molar-refractivity contribution in [3.05, 3.63) is 65.2 Å². The fourth-order valence-electron chi connectivity index (χ4n) is 4.06. The molecule has 0 aromatic heterocycles. The van der Waals surface area contributed by atoms with Crippen molar-refractivity contribution in [1.29, 1.82) is 0 Å². The molecule has 0 radical (unpaired) electrons. The maximum atomic E-state index is 13.2. The van der Waals surface area contributed by atoms with Gasteiger partial charge in [-0.1, -0.05) is 36.4 Å². The van der Waals surface area contributed by atoms with Crippen molar-refractivity contribution in [3.8, 4) is 0 Å². The van der Waals surface area contributed by atoms with Crippen molar-refractivity contribution in [3.63, 3.8) is 0 Å². The highest BCUT2D eigenvalue weighted by Crippen LogP contribution is 2.29. The van der Waals surface area contributed by atoms with Gasteiger partial charge < -0.3 is 24.9 Å². The number of benzene rings is 2. The highest BCUT2D eigenvalue weighted by molar-refractivity contribution is 5.79. The molecule has 3 rings (SSSR count). The zero-order valence-corrected chi connectivity index (χ0v) is 21.5. The number of hydrazine groups is 1. The lowest BCUT2D eigenvalue weighted by atomic mass is 10.1. The first-order valence-electron chi connectivity index (χ1n) is 12.0. The summed E-state index contributed by atoms with van der Waals surface area (Å²) < 4.78 is 11.4. The largest absolute Gasteiger partial charge is 0.443 e. The van der Waals surface area contributed by atoms with Crippen LogP contribution in [0.3, 0.4) is 0 Å². The number of rotatable bonds is 10. The fraction of sp³-hybridized carbons (Fsp3) is 0.444. The number of nitrogens with two attached hydrogens (primary N) is 1. The molecule has 1 aliphatic rings. The number of carbonyl (C=O) groups is 3. The predicted octanol–water partition coefficient (Wildman–Crippen LogP) is 3.72. The second-order valence-corrected chi connectivity index (χ2v) is 9.97.